The number of hydrogen-bond acceptors (Lipinski definition) is 15. The Morgan fingerprint density at radius 1 is 0.298 bits per heavy atom. The molecule has 15 heteroatoms. The maximum absolute atomic E-state index is 11.9. The molecule has 0 fully saturated rings. The highest BCUT2D eigenvalue weighted by Crippen LogP contribution is 2.13. The molecule has 0 rings (SSSR count). The Kier molecular flexibility index (Phi) is 52.0. The van der Waals surface area contributed by atoms with Gasteiger partial charge in [0.15, 0.2) is 0 Å². The van der Waals surface area contributed by atoms with Crippen molar-refractivity contribution in [3.63, 3.8) is 0 Å². The van der Waals surface area contributed by atoms with Gasteiger partial charge in [0.2, 0.25) is 0 Å². The Morgan fingerprint density at radius 3 is 0.754 bits per heavy atom. The lowest BCUT2D eigenvalue weighted by molar-refractivity contribution is -0.145. The average molecular weight is 829 g/mol. The van der Waals surface area contributed by atoms with Crippen LogP contribution in [-0.2, 0) is 66.4 Å². The molecule has 0 radical (unpaired) electrons. The van der Waals surface area contributed by atoms with Gasteiger partial charge >= 0.3 is 5.97 Å². The molecule has 0 aromatic heterocycles. The lowest BCUT2D eigenvalue weighted by atomic mass is 10.0. The summed E-state index contributed by atoms with van der Waals surface area (Å²) in [7, 11) is 0. The molecule has 0 aliphatic carbocycles. The second-order valence-electron chi connectivity index (χ2n) is 13.3. The van der Waals surface area contributed by atoms with Crippen molar-refractivity contribution in [1.82, 2.24) is 0 Å². The van der Waals surface area contributed by atoms with E-state index in [1.165, 1.54) is 70.6 Å². The third-order valence-electron chi connectivity index (χ3n) is 8.30. The first kappa shape index (κ1) is 55.9. The molecule has 15 nitrogen and oxygen atoms in total. The number of hydrogen-bond donors (Lipinski definition) is 1. The highest BCUT2D eigenvalue weighted by Gasteiger charge is 2.03. The average Bonchev–Trinajstić information content (AvgIpc) is 3.22. The molecule has 0 bridgehead atoms. The lowest BCUT2D eigenvalue weighted by Gasteiger charge is -2.09. The van der Waals surface area contributed by atoms with E-state index in [1.54, 1.807) is 0 Å². The summed E-state index contributed by atoms with van der Waals surface area (Å²) in [5.41, 5.74) is 0. The van der Waals surface area contributed by atoms with Crippen LogP contribution >= 0.6 is 0 Å². The summed E-state index contributed by atoms with van der Waals surface area (Å²) < 4.78 is 70.5. The van der Waals surface area contributed by atoms with Crippen LogP contribution in [0, 0.1) is 0 Å². The fourth-order valence-electron chi connectivity index (χ4n) is 5.16. The van der Waals surface area contributed by atoms with Crippen LogP contribution in [0.15, 0.2) is 0 Å². The largest absolute Gasteiger partial charge is 0.463 e. The summed E-state index contributed by atoms with van der Waals surface area (Å²) in [5, 5.41) is 8.59. The van der Waals surface area contributed by atoms with Gasteiger partial charge in [-0.25, -0.2) is 0 Å². The summed E-state index contributed by atoms with van der Waals surface area (Å²) in [6.45, 7) is 14.1. The third-order valence-corrected chi connectivity index (χ3v) is 8.30. The Morgan fingerprint density at radius 2 is 0.509 bits per heavy atom. The van der Waals surface area contributed by atoms with Gasteiger partial charge in [-0.15, -0.1) is 0 Å². The van der Waals surface area contributed by atoms with Gasteiger partial charge in [-0.1, -0.05) is 84.0 Å². The molecule has 0 atom stereocenters. The molecule has 0 aromatic rings. The predicted octanol–water partition coefficient (Wildman–Crippen LogP) is 5.20. The van der Waals surface area contributed by atoms with Gasteiger partial charge in [-0.2, -0.15) is 0 Å². The van der Waals surface area contributed by atoms with Gasteiger partial charge < -0.3 is 66.7 Å². The number of esters is 1. The van der Waals surface area contributed by atoms with Crippen molar-refractivity contribution in [2.45, 2.75) is 96.8 Å². The smallest absolute Gasteiger partial charge is 0.305 e. The Bertz CT molecular complexity index is 738. The number of ether oxygens (including phenoxy) is 13. The van der Waals surface area contributed by atoms with Crippen LogP contribution in [-0.4, -0.2) is 183 Å². The molecule has 0 spiro atoms. The minimum atomic E-state index is -0.134. The number of aliphatic hydroxyl groups is 1. The molecule has 57 heavy (non-hydrogen) atoms. The van der Waals surface area contributed by atoms with Gasteiger partial charge in [0.05, 0.1) is 165 Å². The van der Waals surface area contributed by atoms with Crippen molar-refractivity contribution in [2.75, 3.05) is 172 Å². The monoisotopic (exact) mass is 829 g/mol. The van der Waals surface area contributed by atoms with Crippen molar-refractivity contribution >= 4 is 5.97 Å². The van der Waals surface area contributed by atoms with Crippen LogP contribution in [0.2, 0.25) is 0 Å². The molecular formula is C42H84O15. The Labute approximate surface area is 345 Å². The van der Waals surface area contributed by atoms with E-state index in [-0.39, 0.29) is 19.2 Å². The highest BCUT2D eigenvalue weighted by atomic mass is 16.6. The van der Waals surface area contributed by atoms with Gasteiger partial charge in [0, 0.05) is 6.42 Å². The van der Waals surface area contributed by atoms with Crippen molar-refractivity contribution < 1.29 is 71.5 Å². The molecule has 0 saturated heterocycles. The molecule has 0 aliphatic heterocycles. The van der Waals surface area contributed by atoms with Crippen LogP contribution in [0.25, 0.3) is 0 Å². The van der Waals surface area contributed by atoms with Crippen molar-refractivity contribution in [2.24, 2.45) is 0 Å². The quantitative estimate of drug-likeness (QED) is 0.0630. The van der Waals surface area contributed by atoms with E-state index in [0.29, 0.717) is 165 Å². The zero-order valence-electron chi connectivity index (χ0n) is 35.9. The van der Waals surface area contributed by atoms with Gasteiger partial charge in [-0.05, 0) is 6.42 Å². The standard InChI is InChI=1S/C42H84O15/c1-2-3-4-5-6-7-8-9-10-11-12-13-14-15-42(44)57-41-40-56-39-38-55-37-36-54-35-34-53-33-32-52-31-30-51-29-28-50-27-26-49-25-24-48-23-22-47-21-20-46-19-18-45-17-16-43/h43H,2-41H2,1H3. The number of carbonyl (C=O) groups is 1. The topological polar surface area (TPSA) is 157 Å². The first-order chi connectivity index (χ1) is 28.3. The predicted molar refractivity (Wildman–Crippen MR) is 218 cm³/mol. The summed E-state index contributed by atoms with van der Waals surface area (Å²) >= 11 is 0. The summed E-state index contributed by atoms with van der Waals surface area (Å²) in [6, 6.07) is 0. The third kappa shape index (κ3) is 52.9. The molecule has 0 amide bonds. The normalized spacial score (nSPS) is 11.5. The second-order valence-corrected chi connectivity index (χ2v) is 13.3. The maximum atomic E-state index is 11.9. The fourth-order valence-corrected chi connectivity index (χ4v) is 5.16. The molecule has 1 N–H and O–H groups in total. The summed E-state index contributed by atoms with van der Waals surface area (Å²) in [5.74, 6) is -0.134. The molecule has 0 aliphatic rings. The summed E-state index contributed by atoms with van der Waals surface area (Å²) in [6.07, 6.45) is 17.3. The number of rotatable bonds is 52. The molecule has 0 heterocycles. The molecular weight excluding hydrogens is 744 g/mol. The molecule has 0 unspecified atom stereocenters. The number of unbranched alkanes of at least 4 members (excludes halogenated alkanes) is 12. The van der Waals surface area contributed by atoms with E-state index in [9.17, 15) is 4.79 Å². The molecule has 0 saturated carbocycles. The van der Waals surface area contributed by atoms with Gasteiger partial charge in [0.1, 0.15) is 6.61 Å². The van der Waals surface area contributed by atoms with Gasteiger partial charge in [0.25, 0.3) is 0 Å². The van der Waals surface area contributed by atoms with E-state index in [4.69, 9.17) is 66.7 Å². The minimum absolute atomic E-state index is 0.0224. The number of aliphatic hydroxyl groups excluding tert-OH is 1. The first-order valence-corrected chi connectivity index (χ1v) is 22.0. The fraction of sp³-hybridized carbons (Fsp3) is 0.976. The van der Waals surface area contributed by atoms with E-state index < -0.39 is 0 Å². The van der Waals surface area contributed by atoms with Crippen LogP contribution in [0.3, 0.4) is 0 Å². The summed E-state index contributed by atoms with van der Waals surface area (Å²) in [4.78, 5) is 11.9. The minimum Gasteiger partial charge on any atom is -0.463 e. The van der Waals surface area contributed by atoms with E-state index in [2.05, 4.69) is 6.92 Å². The van der Waals surface area contributed by atoms with Crippen molar-refractivity contribution in [1.29, 1.82) is 0 Å². The maximum Gasteiger partial charge on any atom is 0.305 e. The zero-order chi connectivity index (χ0) is 41.1. The first-order valence-electron chi connectivity index (χ1n) is 22.0. The van der Waals surface area contributed by atoms with E-state index >= 15 is 0 Å². The SMILES string of the molecule is CCCCCCCCCCCCCCCC(=O)OCCOCCOCCOCCOCCOCCOCCOCCOCCOCCOCCOCCOCCO. The Hall–Kier alpha value is -1.05. The van der Waals surface area contributed by atoms with Crippen LogP contribution in [0.1, 0.15) is 96.8 Å². The zero-order valence-corrected chi connectivity index (χ0v) is 35.9. The molecule has 342 valence electrons. The van der Waals surface area contributed by atoms with E-state index in [1.807, 2.05) is 0 Å². The van der Waals surface area contributed by atoms with Gasteiger partial charge in [-0.3, -0.25) is 4.79 Å². The lowest BCUT2D eigenvalue weighted by Crippen LogP contribution is -2.15. The van der Waals surface area contributed by atoms with Crippen molar-refractivity contribution in [3.05, 3.63) is 0 Å². The van der Waals surface area contributed by atoms with E-state index in [0.717, 1.165) is 12.8 Å². The van der Waals surface area contributed by atoms with Crippen molar-refractivity contribution in [3.8, 4) is 0 Å². The molecule has 0 aromatic carbocycles. The number of carbonyl (C=O) groups excluding carboxylic acids is 1. The van der Waals surface area contributed by atoms with Crippen LogP contribution in [0.4, 0.5) is 0 Å². The van der Waals surface area contributed by atoms with Crippen LogP contribution in [0.5, 0.6) is 0 Å². The Balaban J connectivity index is 3.12. The highest BCUT2D eigenvalue weighted by molar-refractivity contribution is 5.69. The second kappa shape index (κ2) is 53.0. The van der Waals surface area contributed by atoms with Crippen LogP contribution < -0.4 is 0 Å².